The third-order valence-corrected chi connectivity index (χ3v) is 7.71. The molecule has 4 aromatic heterocycles. The van der Waals surface area contributed by atoms with Gasteiger partial charge in [-0.15, -0.1) is 11.3 Å². The first-order valence-corrected chi connectivity index (χ1v) is 12.4. The van der Waals surface area contributed by atoms with E-state index in [1.54, 1.807) is 11.3 Å². The molecule has 1 N–H and O–H groups in total. The molecule has 1 radical (unpaired) electrons. The van der Waals surface area contributed by atoms with Crippen LogP contribution in [-0.4, -0.2) is 24.7 Å². The van der Waals surface area contributed by atoms with Crippen LogP contribution < -0.4 is 0 Å². The number of aromatic amines is 1. The van der Waals surface area contributed by atoms with Gasteiger partial charge in [0, 0.05) is 20.5 Å². The van der Waals surface area contributed by atoms with Crippen molar-refractivity contribution in [3.63, 3.8) is 0 Å². The molecule has 4 aromatic carbocycles. The lowest BCUT2D eigenvalue weighted by molar-refractivity contribution is 0.591. The van der Waals surface area contributed by atoms with E-state index in [0.717, 1.165) is 43.6 Å². The molecule has 8 rings (SSSR count). The third kappa shape index (κ3) is 2.80. The van der Waals surface area contributed by atoms with Crippen molar-refractivity contribution in [3.8, 4) is 27.5 Å². The average molecular weight is 483 g/mol. The van der Waals surface area contributed by atoms with Crippen molar-refractivity contribution in [3.05, 3.63) is 97.5 Å². The Balaban J connectivity index is 1.55. The SMILES string of the molecule is [c]1nc2c(-c3nc4ccccc4[nH]3)c(-n3ncc4ccccc43)c(-c3cc4ccccc4s3)cc2o1. The van der Waals surface area contributed by atoms with E-state index in [0.29, 0.717) is 16.9 Å². The fourth-order valence-electron chi connectivity index (χ4n) is 4.91. The van der Waals surface area contributed by atoms with E-state index in [9.17, 15) is 0 Å². The lowest BCUT2D eigenvalue weighted by atomic mass is 10.0. The maximum atomic E-state index is 5.75. The Morgan fingerprint density at radius 3 is 2.64 bits per heavy atom. The number of hydrogen-bond donors (Lipinski definition) is 1. The summed E-state index contributed by atoms with van der Waals surface area (Å²) in [5.41, 5.74) is 6.91. The molecule has 36 heavy (non-hydrogen) atoms. The molecule has 0 saturated carbocycles. The van der Waals surface area contributed by atoms with Gasteiger partial charge >= 0.3 is 0 Å². The molecule has 0 aliphatic heterocycles. The minimum Gasteiger partial charge on any atom is -0.432 e. The van der Waals surface area contributed by atoms with Gasteiger partial charge in [0.25, 0.3) is 6.39 Å². The van der Waals surface area contributed by atoms with E-state index in [-0.39, 0.29) is 0 Å². The quantitative estimate of drug-likeness (QED) is 0.285. The monoisotopic (exact) mass is 482 g/mol. The lowest BCUT2D eigenvalue weighted by Crippen LogP contribution is -2.03. The summed E-state index contributed by atoms with van der Waals surface area (Å²) in [7, 11) is 0. The van der Waals surface area contributed by atoms with Crippen molar-refractivity contribution in [2.75, 3.05) is 0 Å². The van der Waals surface area contributed by atoms with Crippen LogP contribution in [0.5, 0.6) is 0 Å². The van der Waals surface area contributed by atoms with Gasteiger partial charge in [0.1, 0.15) is 11.3 Å². The van der Waals surface area contributed by atoms with Crippen LogP contribution in [-0.2, 0) is 0 Å². The Labute approximate surface area is 208 Å². The maximum Gasteiger partial charge on any atom is 0.284 e. The fourth-order valence-corrected chi connectivity index (χ4v) is 5.99. The van der Waals surface area contributed by atoms with Crippen molar-refractivity contribution in [2.45, 2.75) is 0 Å². The van der Waals surface area contributed by atoms with Gasteiger partial charge in [-0.05, 0) is 41.8 Å². The molecule has 0 atom stereocenters. The molecule has 6 nitrogen and oxygen atoms in total. The van der Waals surface area contributed by atoms with Gasteiger partial charge in [0.2, 0.25) is 0 Å². The van der Waals surface area contributed by atoms with Gasteiger partial charge in [-0.3, -0.25) is 0 Å². The summed E-state index contributed by atoms with van der Waals surface area (Å²) in [5.74, 6) is 0.709. The summed E-state index contributed by atoms with van der Waals surface area (Å²) in [6.07, 6.45) is 4.60. The Bertz CT molecular complexity index is 2010. The van der Waals surface area contributed by atoms with E-state index in [2.05, 4.69) is 58.8 Å². The largest absolute Gasteiger partial charge is 0.432 e. The zero-order valence-corrected chi connectivity index (χ0v) is 19.6. The lowest BCUT2D eigenvalue weighted by Gasteiger charge is -2.15. The summed E-state index contributed by atoms with van der Waals surface area (Å²) in [6, 6.07) is 28.9. The second-order valence-electron chi connectivity index (χ2n) is 8.67. The highest BCUT2D eigenvalue weighted by Gasteiger charge is 2.25. The van der Waals surface area contributed by atoms with Crippen LogP contribution in [0.3, 0.4) is 0 Å². The van der Waals surface area contributed by atoms with Crippen molar-refractivity contribution in [2.24, 2.45) is 0 Å². The van der Waals surface area contributed by atoms with Gasteiger partial charge in [-0.2, -0.15) is 5.10 Å². The number of hydrogen-bond acceptors (Lipinski definition) is 5. The molecule has 4 heterocycles. The van der Waals surface area contributed by atoms with Crippen LogP contribution in [0, 0.1) is 6.39 Å². The Morgan fingerprint density at radius 1 is 0.889 bits per heavy atom. The van der Waals surface area contributed by atoms with Crippen LogP contribution in [0.25, 0.3) is 70.6 Å². The molecule has 0 bridgehead atoms. The zero-order valence-electron chi connectivity index (χ0n) is 18.8. The minimum absolute atomic E-state index is 0.651. The molecule has 0 saturated heterocycles. The normalized spacial score (nSPS) is 11.9. The van der Waals surface area contributed by atoms with Crippen molar-refractivity contribution in [1.82, 2.24) is 24.7 Å². The summed E-state index contributed by atoms with van der Waals surface area (Å²) in [6.45, 7) is 0. The zero-order chi connectivity index (χ0) is 23.6. The van der Waals surface area contributed by atoms with Gasteiger partial charge in [-0.25, -0.2) is 14.6 Å². The second kappa shape index (κ2) is 7.37. The molecule has 0 unspecified atom stereocenters. The third-order valence-electron chi connectivity index (χ3n) is 6.56. The van der Waals surface area contributed by atoms with Crippen LogP contribution in [0.1, 0.15) is 0 Å². The number of H-pyrrole nitrogens is 1. The molecular weight excluding hydrogens is 466 g/mol. The molecule has 0 aliphatic rings. The smallest absolute Gasteiger partial charge is 0.284 e. The first-order chi connectivity index (χ1) is 17.8. The van der Waals surface area contributed by atoms with Crippen molar-refractivity contribution < 1.29 is 4.42 Å². The van der Waals surface area contributed by atoms with Crippen molar-refractivity contribution >= 4 is 54.5 Å². The molecule has 7 heteroatoms. The van der Waals surface area contributed by atoms with Crippen LogP contribution in [0.15, 0.2) is 95.5 Å². The molecule has 0 fully saturated rings. The average Bonchev–Trinajstić information content (AvgIpc) is 3.71. The number of nitrogens with one attached hydrogen (secondary N) is 1. The number of thiophene rings is 1. The van der Waals surface area contributed by atoms with E-state index in [1.807, 2.05) is 53.3 Å². The summed E-state index contributed by atoms with van der Waals surface area (Å²) < 4.78 is 8.96. The van der Waals surface area contributed by atoms with E-state index in [4.69, 9.17) is 14.5 Å². The maximum absolute atomic E-state index is 5.75. The number of para-hydroxylation sites is 3. The highest BCUT2D eigenvalue weighted by atomic mass is 32.1. The molecule has 0 aliphatic carbocycles. The standard InChI is InChI=1S/C29H16N5OS/c1-5-11-22-18(8-1)15-31-34(22)28-19(25-13-17-7-2-6-12-24(17)36-25)14-23-27(30-16-35-23)26(28)29-32-20-9-3-4-10-21(20)33-29/h1-15H,(H,32,33). The predicted octanol–water partition coefficient (Wildman–Crippen LogP) is 7.39. The molecule has 8 aromatic rings. The Kier molecular flexibility index (Phi) is 4.00. The molecule has 169 valence electrons. The number of benzene rings is 4. The van der Waals surface area contributed by atoms with Gasteiger partial charge < -0.3 is 9.40 Å². The van der Waals surface area contributed by atoms with Gasteiger partial charge in [0.05, 0.1) is 34.0 Å². The van der Waals surface area contributed by atoms with Gasteiger partial charge in [0.15, 0.2) is 5.58 Å². The molecule has 0 amide bonds. The van der Waals surface area contributed by atoms with Crippen LogP contribution in [0.2, 0.25) is 0 Å². The first-order valence-electron chi connectivity index (χ1n) is 11.5. The predicted molar refractivity (Wildman–Crippen MR) is 143 cm³/mol. The first kappa shape index (κ1) is 19.5. The summed E-state index contributed by atoms with van der Waals surface area (Å²) in [4.78, 5) is 14.1. The van der Waals surface area contributed by atoms with Crippen molar-refractivity contribution in [1.29, 1.82) is 0 Å². The minimum atomic E-state index is 0.651. The van der Waals surface area contributed by atoms with E-state index >= 15 is 0 Å². The van der Waals surface area contributed by atoms with Gasteiger partial charge in [-0.1, -0.05) is 48.5 Å². The molecule has 0 spiro atoms. The topological polar surface area (TPSA) is 72.5 Å². The molecular formula is C29H16N5OS. The summed E-state index contributed by atoms with van der Waals surface area (Å²) >= 11 is 1.74. The summed E-state index contributed by atoms with van der Waals surface area (Å²) in [5, 5.41) is 7.10. The number of nitrogens with zero attached hydrogens (tertiary/aromatic N) is 4. The number of rotatable bonds is 3. The Hall–Kier alpha value is -4.75. The highest BCUT2D eigenvalue weighted by Crippen LogP contribution is 2.44. The number of aromatic nitrogens is 5. The number of oxazole rings is 1. The Morgan fingerprint density at radius 2 is 1.72 bits per heavy atom. The number of imidazole rings is 1. The van der Waals surface area contributed by atoms with Crippen LogP contribution >= 0.6 is 11.3 Å². The fraction of sp³-hybridized carbons (Fsp3) is 0. The number of fused-ring (bicyclic) bond motifs is 4. The van der Waals surface area contributed by atoms with Crippen LogP contribution in [0.4, 0.5) is 0 Å². The van der Waals surface area contributed by atoms with E-state index < -0.39 is 0 Å². The highest BCUT2D eigenvalue weighted by molar-refractivity contribution is 7.22. The second-order valence-corrected chi connectivity index (χ2v) is 9.75. The van der Waals surface area contributed by atoms with E-state index in [1.165, 1.54) is 10.1 Å².